The van der Waals surface area contributed by atoms with Gasteiger partial charge in [-0.2, -0.15) is 0 Å². The van der Waals surface area contributed by atoms with Gasteiger partial charge in [-0.05, 0) is 48.6 Å². The van der Waals surface area contributed by atoms with Crippen molar-refractivity contribution in [3.63, 3.8) is 0 Å². The van der Waals surface area contributed by atoms with Crippen LogP contribution in [-0.4, -0.2) is 15.2 Å². The van der Waals surface area contributed by atoms with Crippen LogP contribution in [0.5, 0.6) is 11.5 Å². The highest BCUT2D eigenvalue weighted by atomic mass is 32.2. The Hall–Kier alpha value is -2.05. The molecule has 23 heavy (non-hydrogen) atoms. The van der Waals surface area contributed by atoms with Crippen LogP contribution < -0.4 is 14.6 Å². The largest absolute Gasteiger partial charge is 0.454 e. The standard InChI is InChI=1S/C17H19NO4S/c1-11-3-6-17(23(18,19)20)14(7-11)12(2)8-13-4-5-15-16(9-13)22-10-21-15/h3-7,9,12H,8,10H2,1-2H3,(H2,18,19,20). The molecule has 0 saturated heterocycles. The molecular formula is C17H19NO4S. The number of nitrogens with two attached hydrogens (primary N) is 1. The number of hydrogen-bond donors (Lipinski definition) is 1. The van der Waals surface area contributed by atoms with Gasteiger partial charge in [0.15, 0.2) is 11.5 Å². The zero-order valence-electron chi connectivity index (χ0n) is 13.1. The molecule has 2 aromatic carbocycles. The molecule has 122 valence electrons. The Morgan fingerprint density at radius 2 is 1.87 bits per heavy atom. The third-order valence-electron chi connectivity index (χ3n) is 3.98. The number of sulfonamides is 1. The van der Waals surface area contributed by atoms with Gasteiger partial charge in [0, 0.05) is 0 Å². The molecule has 0 aromatic heterocycles. The predicted molar refractivity (Wildman–Crippen MR) is 87.2 cm³/mol. The first-order valence-corrected chi connectivity index (χ1v) is 8.91. The number of ether oxygens (including phenoxy) is 2. The molecule has 2 aromatic rings. The monoisotopic (exact) mass is 333 g/mol. The molecule has 0 radical (unpaired) electrons. The minimum absolute atomic E-state index is 0.00333. The summed E-state index contributed by atoms with van der Waals surface area (Å²) < 4.78 is 34.3. The molecule has 3 rings (SSSR count). The SMILES string of the molecule is Cc1ccc(S(N)(=O)=O)c(C(C)Cc2ccc3c(c2)OCO3)c1. The Labute approximate surface area is 136 Å². The van der Waals surface area contributed by atoms with Gasteiger partial charge in [-0.1, -0.05) is 30.7 Å². The second kappa shape index (κ2) is 5.86. The Bertz CT molecular complexity index is 846. The predicted octanol–water partition coefficient (Wildman–Crippen LogP) is 2.72. The van der Waals surface area contributed by atoms with E-state index < -0.39 is 10.0 Å². The maximum Gasteiger partial charge on any atom is 0.238 e. The second-order valence-electron chi connectivity index (χ2n) is 5.88. The molecule has 2 N–H and O–H groups in total. The molecule has 0 spiro atoms. The summed E-state index contributed by atoms with van der Waals surface area (Å²) in [6.45, 7) is 4.17. The smallest absolute Gasteiger partial charge is 0.238 e. The molecule has 0 aliphatic carbocycles. The highest BCUT2D eigenvalue weighted by Crippen LogP contribution is 2.34. The van der Waals surface area contributed by atoms with Crippen LogP contribution in [0.4, 0.5) is 0 Å². The number of benzene rings is 2. The van der Waals surface area contributed by atoms with Gasteiger partial charge in [0.2, 0.25) is 16.8 Å². The third-order valence-corrected chi connectivity index (χ3v) is 4.97. The molecule has 1 aliphatic rings. The Morgan fingerprint density at radius 3 is 2.61 bits per heavy atom. The van der Waals surface area contributed by atoms with Crippen molar-refractivity contribution in [2.24, 2.45) is 5.14 Å². The maximum absolute atomic E-state index is 11.8. The highest BCUT2D eigenvalue weighted by Gasteiger charge is 2.20. The topological polar surface area (TPSA) is 78.6 Å². The molecule has 1 heterocycles. The summed E-state index contributed by atoms with van der Waals surface area (Å²) in [7, 11) is -3.74. The van der Waals surface area contributed by atoms with Crippen LogP contribution >= 0.6 is 0 Å². The van der Waals surface area contributed by atoms with Crippen molar-refractivity contribution in [1.82, 2.24) is 0 Å². The molecule has 0 fully saturated rings. The second-order valence-corrected chi connectivity index (χ2v) is 7.41. The minimum Gasteiger partial charge on any atom is -0.454 e. The van der Waals surface area contributed by atoms with E-state index in [9.17, 15) is 8.42 Å². The van der Waals surface area contributed by atoms with Crippen molar-refractivity contribution in [3.8, 4) is 11.5 Å². The van der Waals surface area contributed by atoms with Gasteiger partial charge < -0.3 is 9.47 Å². The van der Waals surface area contributed by atoms with Gasteiger partial charge in [0.25, 0.3) is 0 Å². The normalized spacial score (nSPS) is 14.7. The van der Waals surface area contributed by atoms with E-state index in [4.69, 9.17) is 14.6 Å². The van der Waals surface area contributed by atoms with Gasteiger partial charge in [0.05, 0.1) is 4.90 Å². The lowest BCUT2D eigenvalue weighted by atomic mass is 9.92. The van der Waals surface area contributed by atoms with Crippen LogP contribution in [0.2, 0.25) is 0 Å². The van der Waals surface area contributed by atoms with Crippen LogP contribution in [0.1, 0.15) is 29.5 Å². The quantitative estimate of drug-likeness (QED) is 0.933. The highest BCUT2D eigenvalue weighted by molar-refractivity contribution is 7.89. The molecule has 0 saturated carbocycles. The van der Waals surface area contributed by atoms with Crippen molar-refractivity contribution in [2.75, 3.05) is 6.79 Å². The van der Waals surface area contributed by atoms with Gasteiger partial charge in [0.1, 0.15) is 0 Å². The molecular weight excluding hydrogens is 314 g/mol. The van der Waals surface area contributed by atoms with Gasteiger partial charge in [-0.15, -0.1) is 0 Å². The van der Waals surface area contributed by atoms with Crippen molar-refractivity contribution in [3.05, 3.63) is 53.1 Å². The van der Waals surface area contributed by atoms with Gasteiger partial charge in [-0.3, -0.25) is 0 Å². The summed E-state index contributed by atoms with van der Waals surface area (Å²) in [4.78, 5) is 0.191. The van der Waals surface area contributed by atoms with Crippen molar-refractivity contribution >= 4 is 10.0 Å². The first-order chi connectivity index (χ1) is 10.8. The van der Waals surface area contributed by atoms with Crippen LogP contribution in [0.15, 0.2) is 41.3 Å². The molecule has 6 heteroatoms. The molecule has 1 unspecified atom stereocenters. The molecule has 0 bridgehead atoms. The Morgan fingerprint density at radius 1 is 1.13 bits per heavy atom. The summed E-state index contributed by atoms with van der Waals surface area (Å²) in [5, 5.41) is 5.35. The molecule has 0 amide bonds. The fourth-order valence-electron chi connectivity index (χ4n) is 2.84. The molecule has 1 atom stereocenters. The van der Waals surface area contributed by atoms with E-state index in [1.165, 1.54) is 0 Å². The zero-order chi connectivity index (χ0) is 16.6. The summed E-state index contributed by atoms with van der Waals surface area (Å²) >= 11 is 0. The number of primary sulfonamides is 1. The van der Waals surface area contributed by atoms with E-state index in [-0.39, 0.29) is 17.6 Å². The lowest BCUT2D eigenvalue weighted by Crippen LogP contribution is -2.16. The maximum atomic E-state index is 11.8. The fraction of sp³-hybridized carbons (Fsp3) is 0.294. The van der Waals surface area contributed by atoms with Crippen molar-refractivity contribution in [1.29, 1.82) is 0 Å². The van der Waals surface area contributed by atoms with Crippen LogP contribution in [0, 0.1) is 6.92 Å². The summed E-state index contributed by atoms with van der Waals surface area (Å²) in [5.74, 6) is 1.47. The number of fused-ring (bicyclic) bond motifs is 1. The first kappa shape index (κ1) is 15.8. The summed E-state index contributed by atoms with van der Waals surface area (Å²) in [5.41, 5.74) is 2.80. The van der Waals surface area contributed by atoms with E-state index in [1.807, 2.05) is 38.1 Å². The number of aryl methyl sites for hydroxylation is 1. The van der Waals surface area contributed by atoms with Gasteiger partial charge in [-0.25, -0.2) is 13.6 Å². The summed E-state index contributed by atoms with van der Waals surface area (Å²) in [6, 6.07) is 11.0. The lowest BCUT2D eigenvalue weighted by Gasteiger charge is -2.16. The average Bonchev–Trinajstić information content (AvgIpc) is 2.93. The lowest BCUT2D eigenvalue weighted by molar-refractivity contribution is 0.174. The fourth-order valence-corrected chi connectivity index (χ4v) is 3.69. The van der Waals surface area contributed by atoms with Gasteiger partial charge >= 0.3 is 0 Å². The first-order valence-electron chi connectivity index (χ1n) is 7.36. The minimum atomic E-state index is -3.74. The number of hydrogen-bond acceptors (Lipinski definition) is 4. The van der Waals surface area contributed by atoms with E-state index in [2.05, 4.69) is 0 Å². The summed E-state index contributed by atoms with van der Waals surface area (Å²) in [6.07, 6.45) is 0.683. The Balaban J connectivity index is 1.92. The zero-order valence-corrected chi connectivity index (χ0v) is 13.9. The van der Waals surface area contributed by atoms with E-state index in [0.717, 1.165) is 28.2 Å². The molecule has 1 aliphatic heterocycles. The van der Waals surface area contributed by atoms with Crippen molar-refractivity contribution in [2.45, 2.75) is 31.1 Å². The Kier molecular flexibility index (Phi) is 4.04. The van der Waals surface area contributed by atoms with Crippen LogP contribution in [0.25, 0.3) is 0 Å². The van der Waals surface area contributed by atoms with E-state index in [1.54, 1.807) is 12.1 Å². The third kappa shape index (κ3) is 3.33. The molecule has 5 nitrogen and oxygen atoms in total. The average molecular weight is 333 g/mol. The van der Waals surface area contributed by atoms with Crippen LogP contribution in [0.3, 0.4) is 0 Å². The van der Waals surface area contributed by atoms with Crippen molar-refractivity contribution < 1.29 is 17.9 Å². The van der Waals surface area contributed by atoms with Crippen LogP contribution in [-0.2, 0) is 16.4 Å². The van der Waals surface area contributed by atoms with E-state index >= 15 is 0 Å². The van der Waals surface area contributed by atoms with E-state index in [0.29, 0.717) is 6.42 Å². The number of rotatable bonds is 4.